The van der Waals surface area contributed by atoms with Gasteiger partial charge in [-0.15, -0.1) is 5.10 Å². The second-order valence-electron chi connectivity index (χ2n) is 4.85. The van der Waals surface area contributed by atoms with Crippen molar-refractivity contribution in [2.45, 2.75) is 25.9 Å². The summed E-state index contributed by atoms with van der Waals surface area (Å²) in [5.74, 6) is -0.0234. The molecule has 1 fully saturated rings. The molecular formula is C13H15N5O2S. The molecule has 3 rings (SSSR count). The summed E-state index contributed by atoms with van der Waals surface area (Å²) in [5, 5.41) is 3.89. The molecule has 1 aliphatic heterocycles. The number of ether oxygens (including phenoxy) is 1. The molecule has 2 aromatic rings. The van der Waals surface area contributed by atoms with Crippen LogP contribution in [0.25, 0.3) is 0 Å². The second-order valence-corrected chi connectivity index (χ2v) is 5.61. The van der Waals surface area contributed by atoms with Gasteiger partial charge < -0.3 is 9.64 Å². The maximum Gasteiger partial charge on any atom is 0.316 e. The van der Waals surface area contributed by atoms with E-state index >= 15 is 0 Å². The van der Waals surface area contributed by atoms with Gasteiger partial charge in [0, 0.05) is 18.9 Å². The molecule has 0 spiro atoms. The van der Waals surface area contributed by atoms with Gasteiger partial charge in [-0.1, -0.05) is 4.49 Å². The van der Waals surface area contributed by atoms with Crippen molar-refractivity contribution in [3.8, 4) is 6.01 Å². The average molecular weight is 305 g/mol. The molecule has 1 atom stereocenters. The zero-order chi connectivity index (χ0) is 14.7. The van der Waals surface area contributed by atoms with Crippen LogP contribution in [0.15, 0.2) is 18.5 Å². The van der Waals surface area contributed by atoms with Crippen molar-refractivity contribution >= 4 is 17.4 Å². The molecule has 0 saturated carbocycles. The summed E-state index contributed by atoms with van der Waals surface area (Å²) in [5.41, 5.74) is 0.680. The van der Waals surface area contributed by atoms with Crippen molar-refractivity contribution in [3.05, 3.63) is 29.0 Å². The number of aryl methyl sites for hydroxylation is 1. The molecule has 7 nitrogen and oxygen atoms in total. The van der Waals surface area contributed by atoms with Gasteiger partial charge in [-0.3, -0.25) is 4.79 Å². The van der Waals surface area contributed by atoms with Gasteiger partial charge in [0.1, 0.15) is 11.0 Å². The van der Waals surface area contributed by atoms with Crippen LogP contribution in [0.2, 0.25) is 0 Å². The molecule has 8 heteroatoms. The third-order valence-corrected chi connectivity index (χ3v) is 4.14. The van der Waals surface area contributed by atoms with Crippen LogP contribution in [0.3, 0.4) is 0 Å². The Morgan fingerprint density at radius 2 is 2.24 bits per heavy atom. The van der Waals surface area contributed by atoms with Crippen molar-refractivity contribution in [3.63, 3.8) is 0 Å². The first-order valence-electron chi connectivity index (χ1n) is 6.76. The quantitative estimate of drug-likeness (QED) is 0.850. The van der Waals surface area contributed by atoms with E-state index in [-0.39, 0.29) is 12.0 Å². The van der Waals surface area contributed by atoms with E-state index in [2.05, 4.69) is 19.6 Å². The highest BCUT2D eigenvalue weighted by molar-refractivity contribution is 7.07. The number of piperidine rings is 1. The van der Waals surface area contributed by atoms with E-state index in [1.54, 1.807) is 30.3 Å². The number of likely N-dealkylation sites (tertiary alicyclic amines) is 1. The zero-order valence-electron chi connectivity index (χ0n) is 11.6. The van der Waals surface area contributed by atoms with E-state index in [9.17, 15) is 4.79 Å². The molecular weight excluding hydrogens is 290 g/mol. The first-order chi connectivity index (χ1) is 10.2. The molecule has 0 N–H and O–H groups in total. The van der Waals surface area contributed by atoms with Gasteiger partial charge in [-0.05, 0) is 37.4 Å². The summed E-state index contributed by atoms with van der Waals surface area (Å²) in [6.07, 6.45) is 4.99. The second kappa shape index (κ2) is 6.13. The monoisotopic (exact) mass is 305 g/mol. The Morgan fingerprint density at radius 1 is 1.43 bits per heavy atom. The van der Waals surface area contributed by atoms with E-state index in [1.165, 1.54) is 0 Å². The van der Waals surface area contributed by atoms with Gasteiger partial charge >= 0.3 is 6.01 Å². The normalized spacial score (nSPS) is 18.5. The van der Waals surface area contributed by atoms with Crippen LogP contribution in [-0.2, 0) is 0 Å². The Kier molecular flexibility index (Phi) is 4.05. The molecule has 3 heterocycles. The molecule has 110 valence electrons. The van der Waals surface area contributed by atoms with Crippen LogP contribution >= 0.6 is 11.5 Å². The number of hydrogen-bond donors (Lipinski definition) is 0. The van der Waals surface area contributed by atoms with Gasteiger partial charge in [-0.2, -0.15) is 0 Å². The lowest BCUT2D eigenvalue weighted by Gasteiger charge is -2.32. The van der Waals surface area contributed by atoms with Gasteiger partial charge in [0.2, 0.25) is 0 Å². The number of hydrogen-bond acceptors (Lipinski definition) is 7. The van der Waals surface area contributed by atoms with Gasteiger partial charge in [0.25, 0.3) is 5.91 Å². The number of carbonyl (C=O) groups is 1. The molecule has 21 heavy (non-hydrogen) atoms. The molecule has 1 aliphatic rings. The maximum atomic E-state index is 12.4. The molecule has 1 saturated heterocycles. The van der Waals surface area contributed by atoms with E-state index in [1.807, 2.05) is 0 Å². The van der Waals surface area contributed by atoms with E-state index in [4.69, 9.17) is 4.74 Å². The van der Waals surface area contributed by atoms with Gasteiger partial charge in [0.05, 0.1) is 12.2 Å². The highest BCUT2D eigenvalue weighted by Gasteiger charge is 2.28. The summed E-state index contributed by atoms with van der Waals surface area (Å²) in [6.45, 7) is 3.06. The minimum atomic E-state index is -0.0775. The third-order valence-electron chi connectivity index (χ3n) is 3.33. The SMILES string of the molecule is Cc1nnsc1C(=O)N1CCCC(Oc2ncccn2)C1. The molecule has 1 unspecified atom stereocenters. The standard InChI is InChI=1S/C13H15N5O2S/c1-9-11(21-17-16-9)12(19)18-7-2-4-10(8-18)20-13-14-5-3-6-15-13/h3,5-6,10H,2,4,7-8H2,1H3. The Hall–Kier alpha value is -2.09. The van der Waals surface area contributed by atoms with Crippen molar-refractivity contribution < 1.29 is 9.53 Å². The Bertz CT molecular complexity index is 618. The lowest BCUT2D eigenvalue weighted by Crippen LogP contribution is -2.44. The first kappa shape index (κ1) is 13.9. The lowest BCUT2D eigenvalue weighted by atomic mass is 10.1. The number of aromatic nitrogens is 4. The predicted octanol–water partition coefficient (Wildman–Crippen LogP) is 1.32. The smallest absolute Gasteiger partial charge is 0.316 e. The number of carbonyl (C=O) groups excluding carboxylic acids is 1. The summed E-state index contributed by atoms with van der Waals surface area (Å²) in [6, 6.07) is 2.09. The van der Waals surface area contributed by atoms with Crippen molar-refractivity contribution in [2.24, 2.45) is 0 Å². The topological polar surface area (TPSA) is 81.1 Å². The fourth-order valence-electron chi connectivity index (χ4n) is 2.29. The average Bonchev–Trinajstić information content (AvgIpc) is 2.94. The molecule has 1 amide bonds. The largest absolute Gasteiger partial charge is 0.458 e. The molecule has 0 aliphatic carbocycles. The van der Waals surface area contributed by atoms with E-state index in [0.29, 0.717) is 23.1 Å². The highest BCUT2D eigenvalue weighted by Crippen LogP contribution is 2.19. The number of nitrogens with zero attached hydrogens (tertiary/aromatic N) is 5. The van der Waals surface area contributed by atoms with Crippen LogP contribution < -0.4 is 4.74 Å². The minimum Gasteiger partial charge on any atom is -0.458 e. The van der Waals surface area contributed by atoms with Crippen LogP contribution in [0.5, 0.6) is 6.01 Å². The van der Waals surface area contributed by atoms with Crippen LogP contribution in [0.4, 0.5) is 0 Å². The first-order valence-corrected chi connectivity index (χ1v) is 7.53. The minimum absolute atomic E-state index is 0.0234. The van der Waals surface area contributed by atoms with Crippen molar-refractivity contribution in [1.82, 2.24) is 24.5 Å². The highest BCUT2D eigenvalue weighted by atomic mass is 32.1. The Balaban J connectivity index is 1.66. The van der Waals surface area contributed by atoms with Crippen LogP contribution in [-0.4, -0.2) is 49.6 Å². The molecule has 0 radical (unpaired) electrons. The Labute approximate surface area is 126 Å². The number of amides is 1. The summed E-state index contributed by atoms with van der Waals surface area (Å²) in [7, 11) is 0. The van der Waals surface area contributed by atoms with Crippen LogP contribution in [0, 0.1) is 6.92 Å². The Morgan fingerprint density at radius 3 is 2.95 bits per heavy atom. The zero-order valence-corrected chi connectivity index (χ0v) is 12.4. The summed E-state index contributed by atoms with van der Waals surface area (Å²) in [4.78, 5) is 22.9. The van der Waals surface area contributed by atoms with E-state index < -0.39 is 0 Å². The maximum absolute atomic E-state index is 12.4. The van der Waals surface area contributed by atoms with Gasteiger partial charge in [-0.25, -0.2) is 9.97 Å². The lowest BCUT2D eigenvalue weighted by molar-refractivity contribution is 0.0519. The van der Waals surface area contributed by atoms with Gasteiger partial charge in [0.15, 0.2) is 0 Å². The van der Waals surface area contributed by atoms with Crippen molar-refractivity contribution in [1.29, 1.82) is 0 Å². The van der Waals surface area contributed by atoms with E-state index in [0.717, 1.165) is 30.9 Å². The molecule has 0 aromatic carbocycles. The molecule has 2 aromatic heterocycles. The summed E-state index contributed by atoms with van der Waals surface area (Å²) < 4.78 is 9.56. The predicted molar refractivity (Wildman–Crippen MR) is 76.2 cm³/mol. The fraction of sp³-hybridized carbons (Fsp3) is 0.462. The molecule has 0 bridgehead atoms. The fourth-order valence-corrected chi connectivity index (χ4v) is 2.91. The van der Waals surface area contributed by atoms with Crippen LogP contribution in [0.1, 0.15) is 28.2 Å². The number of rotatable bonds is 3. The third kappa shape index (κ3) is 3.15. The summed E-state index contributed by atoms with van der Waals surface area (Å²) >= 11 is 1.14. The van der Waals surface area contributed by atoms with Crippen molar-refractivity contribution in [2.75, 3.05) is 13.1 Å².